The van der Waals surface area contributed by atoms with Crippen LogP contribution in [0.5, 0.6) is 0 Å². The monoisotopic (exact) mass is 331 g/mol. The summed E-state index contributed by atoms with van der Waals surface area (Å²) in [6.45, 7) is 5.09. The van der Waals surface area contributed by atoms with E-state index in [1.807, 2.05) is 24.3 Å². The van der Waals surface area contributed by atoms with Crippen molar-refractivity contribution in [2.24, 2.45) is 0 Å². The minimum atomic E-state index is -0.704. The highest BCUT2D eigenvalue weighted by Gasteiger charge is 2.26. The highest BCUT2D eigenvalue weighted by molar-refractivity contribution is 5.94. The van der Waals surface area contributed by atoms with Crippen LogP contribution in [0.1, 0.15) is 30.1 Å². The van der Waals surface area contributed by atoms with Gasteiger partial charge in [-0.3, -0.25) is 9.59 Å². The van der Waals surface area contributed by atoms with E-state index in [1.165, 1.54) is 19.8 Å². The Morgan fingerprint density at radius 1 is 0.958 bits per heavy atom. The highest BCUT2D eigenvalue weighted by Crippen LogP contribution is 2.21. The maximum atomic E-state index is 12.7. The number of carbonyl (C=O) groups excluding carboxylic acids is 2. The molecule has 24 heavy (non-hydrogen) atoms. The maximum absolute atomic E-state index is 12.7. The number of aliphatic hydroxyl groups excluding tert-OH is 1. The smallest absolute Gasteiger partial charge is 0.254 e. The summed E-state index contributed by atoms with van der Waals surface area (Å²) in [5.74, 6) is -0.161. The van der Waals surface area contributed by atoms with E-state index in [4.69, 9.17) is 0 Å². The van der Waals surface area contributed by atoms with Gasteiger partial charge in [0.15, 0.2) is 0 Å². The van der Waals surface area contributed by atoms with E-state index < -0.39 is 6.10 Å². The molecule has 2 fully saturated rings. The van der Waals surface area contributed by atoms with Crippen molar-refractivity contribution >= 4 is 17.5 Å². The Bertz CT molecular complexity index is 596. The number of amides is 2. The van der Waals surface area contributed by atoms with Crippen molar-refractivity contribution in [2.45, 2.75) is 25.9 Å². The molecule has 0 saturated carbocycles. The number of rotatable bonds is 2. The van der Waals surface area contributed by atoms with E-state index in [-0.39, 0.29) is 24.9 Å². The molecule has 2 aliphatic heterocycles. The molecule has 6 nitrogen and oxygen atoms in total. The Morgan fingerprint density at radius 3 is 2.17 bits per heavy atom. The van der Waals surface area contributed by atoms with Gasteiger partial charge in [0.1, 0.15) is 0 Å². The van der Waals surface area contributed by atoms with Gasteiger partial charge >= 0.3 is 0 Å². The van der Waals surface area contributed by atoms with Crippen LogP contribution in [0.3, 0.4) is 0 Å². The summed E-state index contributed by atoms with van der Waals surface area (Å²) >= 11 is 0. The molecular formula is C18H25N3O3. The van der Waals surface area contributed by atoms with Crippen LogP contribution in [0, 0.1) is 0 Å². The van der Waals surface area contributed by atoms with Gasteiger partial charge in [-0.15, -0.1) is 0 Å². The molecule has 1 aromatic carbocycles. The van der Waals surface area contributed by atoms with Crippen LogP contribution < -0.4 is 4.90 Å². The Hall–Kier alpha value is -2.08. The molecule has 0 aliphatic carbocycles. The predicted octanol–water partition coefficient (Wildman–Crippen LogP) is 0.952. The van der Waals surface area contributed by atoms with Crippen LogP contribution in [0.25, 0.3) is 0 Å². The van der Waals surface area contributed by atoms with Gasteiger partial charge in [-0.1, -0.05) is 0 Å². The summed E-state index contributed by atoms with van der Waals surface area (Å²) < 4.78 is 0. The molecule has 0 radical (unpaired) electrons. The topological polar surface area (TPSA) is 64.1 Å². The summed E-state index contributed by atoms with van der Waals surface area (Å²) in [7, 11) is 0. The third-order valence-corrected chi connectivity index (χ3v) is 4.82. The lowest BCUT2D eigenvalue weighted by Gasteiger charge is -2.22. The van der Waals surface area contributed by atoms with Crippen LogP contribution in [0.2, 0.25) is 0 Å². The van der Waals surface area contributed by atoms with Gasteiger partial charge < -0.3 is 19.8 Å². The van der Waals surface area contributed by atoms with Crippen LogP contribution in [0.15, 0.2) is 24.3 Å². The zero-order chi connectivity index (χ0) is 17.1. The Morgan fingerprint density at radius 2 is 1.54 bits per heavy atom. The van der Waals surface area contributed by atoms with Crippen LogP contribution in [-0.2, 0) is 4.79 Å². The molecule has 0 aromatic heterocycles. The minimum Gasteiger partial charge on any atom is -0.389 e. The number of carbonyl (C=O) groups is 2. The second-order valence-electron chi connectivity index (χ2n) is 6.61. The number of nitrogens with zero attached hydrogens (tertiary/aromatic N) is 3. The lowest BCUT2D eigenvalue weighted by Crippen LogP contribution is -2.37. The maximum Gasteiger partial charge on any atom is 0.254 e. The fourth-order valence-electron chi connectivity index (χ4n) is 3.43. The molecule has 2 heterocycles. The minimum absolute atomic E-state index is 0.0710. The van der Waals surface area contributed by atoms with Crippen molar-refractivity contribution in [1.82, 2.24) is 9.80 Å². The van der Waals surface area contributed by atoms with E-state index in [0.717, 1.165) is 18.8 Å². The first-order chi connectivity index (χ1) is 11.5. The molecule has 1 N–H and O–H groups in total. The third-order valence-electron chi connectivity index (χ3n) is 4.82. The van der Waals surface area contributed by atoms with Crippen molar-refractivity contribution in [3.63, 3.8) is 0 Å². The van der Waals surface area contributed by atoms with E-state index in [2.05, 4.69) is 4.90 Å². The number of hydrogen-bond acceptors (Lipinski definition) is 4. The lowest BCUT2D eigenvalue weighted by molar-refractivity contribution is -0.129. The number of benzene rings is 1. The first kappa shape index (κ1) is 16.8. The normalized spacial score (nSPS) is 21.8. The van der Waals surface area contributed by atoms with Crippen molar-refractivity contribution in [1.29, 1.82) is 0 Å². The van der Waals surface area contributed by atoms with Gasteiger partial charge in [0, 0.05) is 57.4 Å². The molecule has 0 bridgehead atoms. The summed E-state index contributed by atoms with van der Waals surface area (Å²) in [5, 5.41) is 10.1. The second-order valence-corrected chi connectivity index (χ2v) is 6.61. The fourth-order valence-corrected chi connectivity index (χ4v) is 3.43. The van der Waals surface area contributed by atoms with Crippen molar-refractivity contribution in [2.75, 3.05) is 44.2 Å². The van der Waals surface area contributed by atoms with Crippen LogP contribution >= 0.6 is 0 Å². The quantitative estimate of drug-likeness (QED) is 0.876. The summed E-state index contributed by atoms with van der Waals surface area (Å²) in [5.41, 5.74) is 1.78. The molecule has 2 amide bonds. The largest absolute Gasteiger partial charge is 0.389 e. The van der Waals surface area contributed by atoms with Gasteiger partial charge in [-0.2, -0.15) is 0 Å². The molecular weight excluding hydrogens is 306 g/mol. The number of aliphatic hydroxyl groups is 1. The van der Waals surface area contributed by atoms with E-state index in [1.54, 1.807) is 9.80 Å². The molecule has 2 aliphatic rings. The third kappa shape index (κ3) is 3.70. The zero-order valence-corrected chi connectivity index (χ0v) is 14.1. The molecule has 130 valence electrons. The zero-order valence-electron chi connectivity index (χ0n) is 14.1. The molecule has 6 heteroatoms. The molecule has 0 spiro atoms. The van der Waals surface area contributed by atoms with Gasteiger partial charge in [-0.05, 0) is 37.1 Å². The number of hydrogen-bond donors (Lipinski definition) is 1. The Labute approximate surface area is 142 Å². The molecule has 1 atom stereocenters. The average Bonchev–Trinajstić information content (AvgIpc) is 3.03. The number of β-amino-alcohol motifs (C(OH)–C–C–N with tert-alkyl or cyclic N) is 1. The SMILES string of the molecule is CC(=O)N1CCN(C(=O)c2ccc(N3CCCC3)cc2)C[C@H](O)C1. The highest BCUT2D eigenvalue weighted by atomic mass is 16.3. The summed E-state index contributed by atoms with van der Waals surface area (Å²) in [6, 6.07) is 7.70. The molecule has 0 unspecified atom stereocenters. The first-order valence-corrected chi connectivity index (χ1v) is 8.62. The Kier molecular flexibility index (Phi) is 5.04. The van der Waals surface area contributed by atoms with Crippen molar-refractivity contribution in [3.8, 4) is 0 Å². The van der Waals surface area contributed by atoms with Crippen molar-refractivity contribution in [3.05, 3.63) is 29.8 Å². The van der Waals surface area contributed by atoms with E-state index >= 15 is 0 Å². The van der Waals surface area contributed by atoms with Crippen LogP contribution in [0.4, 0.5) is 5.69 Å². The van der Waals surface area contributed by atoms with Gasteiger partial charge in [-0.25, -0.2) is 0 Å². The van der Waals surface area contributed by atoms with Gasteiger partial charge in [0.05, 0.1) is 6.10 Å². The van der Waals surface area contributed by atoms with Gasteiger partial charge in [0.25, 0.3) is 5.91 Å². The molecule has 2 saturated heterocycles. The molecule has 1 aromatic rings. The van der Waals surface area contributed by atoms with E-state index in [9.17, 15) is 14.7 Å². The first-order valence-electron chi connectivity index (χ1n) is 8.62. The Balaban J connectivity index is 1.67. The standard InChI is InChI=1S/C18H25N3O3/c1-14(22)20-10-11-21(13-17(23)12-20)18(24)15-4-6-16(7-5-15)19-8-2-3-9-19/h4-7,17,23H,2-3,8-13H2,1H3/t17-/m1/s1. The van der Waals surface area contributed by atoms with Crippen molar-refractivity contribution < 1.29 is 14.7 Å². The predicted molar refractivity (Wildman–Crippen MR) is 92.1 cm³/mol. The summed E-state index contributed by atoms with van der Waals surface area (Å²) in [4.78, 5) is 29.8. The van der Waals surface area contributed by atoms with E-state index in [0.29, 0.717) is 18.7 Å². The number of anilines is 1. The second kappa shape index (κ2) is 7.21. The lowest BCUT2D eigenvalue weighted by atomic mass is 10.1. The van der Waals surface area contributed by atoms with Gasteiger partial charge in [0.2, 0.25) is 5.91 Å². The average molecular weight is 331 g/mol. The fraction of sp³-hybridized carbons (Fsp3) is 0.556. The molecule has 3 rings (SSSR count). The van der Waals surface area contributed by atoms with Crippen LogP contribution in [-0.4, -0.2) is 72.1 Å². The summed E-state index contributed by atoms with van der Waals surface area (Å²) in [6.07, 6.45) is 1.74.